The van der Waals surface area contributed by atoms with Crippen LogP contribution in [-0.4, -0.2) is 22.5 Å². The molecule has 0 saturated heterocycles. The molecule has 1 fully saturated rings. The second-order valence-electron chi connectivity index (χ2n) is 6.46. The molecule has 4 nitrogen and oxygen atoms in total. The first-order valence-corrected chi connectivity index (χ1v) is 7.09. The number of aliphatic carboxylic acids is 1. The molecule has 0 heterocycles. The number of rotatable bonds is 5. The number of carbonyl (C=O) groups is 2. The van der Waals surface area contributed by atoms with Crippen LogP contribution in [-0.2, 0) is 9.59 Å². The monoisotopic (exact) mass is 265 g/mol. The second kappa shape index (κ2) is 4.99. The van der Waals surface area contributed by atoms with Gasteiger partial charge in [0.1, 0.15) is 0 Å². The van der Waals surface area contributed by atoms with E-state index in [1.165, 1.54) is 0 Å². The highest BCUT2D eigenvalue weighted by molar-refractivity contribution is 5.87. The van der Waals surface area contributed by atoms with Crippen molar-refractivity contribution in [2.24, 2.45) is 23.7 Å². The van der Waals surface area contributed by atoms with Crippen molar-refractivity contribution in [3.05, 3.63) is 12.2 Å². The maximum absolute atomic E-state index is 12.4. The van der Waals surface area contributed by atoms with Crippen LogP contribution in [0.3, 0.4) is 0 Å². The van der Waals surface area contributed by atoms with Gasteiger partial charge < -0.3 is 10.4 Å². The van der Waals surface area contributed by atoms with Gasteiger partial charge in [0.15, 0.2) is 0 Å². The molecule has 1 saturated carbocycles. The normalized spacial score (nSPS) is 32.6. The molecule has 2 aliphatic carbocycles. The Morgan fingerprint density at radius 3 is 2.37 bits per heavy atom. The summed E-state index contributed by atoms with van der Waals surface area (Å²) in [5.41, 5.74) is -0.263. The van der Waals surface area contributed by atoms with Gasteiger partial charge in [0.05, 0.1) is 11.8 Å². The molecular weight excluding hydrogens is 242 g/mol. The highest BCUT2D eigenvalue weighted by Crippen LogP contribution is 2.48. The summed E-state index contributed by atoms with van der Waals surface area (Å²) in [6.45, 7) is 6.06. The highest BCUT2D eigenvalue weighted by Gasteiger charge is 2.52. The van der Waals surface area contributed by atoms with E-state index in [9.17, 15) is 14.7 Å². The molecule has 4 heteroatoms. The van der Waals surface area contributed by atoms with Crippen LogP contribution >= 0.6 is 0 Å². The largest absolute Gasteiger partial charge is 0.481 e. The molecule has 4 atom stereocenters. The van der Waals surface area contributed by atoms with Crippen LogP contribution in [0.15, 0.2) is 12.2 Å². The minimum Gasteiger partial charge on any atom is -0.481 e. The smallest absolute Gasteiger partial charge is 0.307 e. The van der Waals surface area contributed by atoms with E-state index < -0.39 is 17.8 Å². The fourth-order valence-corrected chi connectivity index (χ4v) is 3.62. The van der Waals surface area contributed by atoms with Crippen LogP contribution < -0.4 is 5.32 Å². The van der Waals surface area contributed by atoms with Crippen molar-refractivity contribution in [3.63, 3.8) is 0 Å². The Bertz CT molecular complexity index is 414. The lowest BCUT2D eigenvalue weighted by Crippen LogP contribution is -2.49. The van der Waals surface area contributed by atoms with Crippen LogP contribution in [0.1, 0.15) is 40.0 Å². The van der Waals surface area contributed by atoms with E-state index in [1.807, 2.05) is 26.0 Å². The Morgan fingerprint density at radius 2 is 1.84 bits per heavy atom. The molecule has 19 heavy (non-hydrogen) atoms. The Kier molecular flexibility index (Phi) is 3.70. The van der Waals surface area contributed by atoms with Crippen LogP contribution in [0.25, 0.3) is 0 Å². The summed E-state index contributed by atoms with van der Waals surface area (Å²) < 4.78 is 0. The number of hydrogen-bond donors (Lipinski definition) is 2. The van der Waals surface area contributed by atoms with Gasteiger partial charge in [-0.3, -0.25) is 9.59 Å². The van der Waals surface area contributed by atoms with Gasteiger partial charge in [-0.15, -0.1) is 0 Å². The van der Waals surface area contributed by atoms with Crippen molar-refractivity contribution in [2.45, 2.75) is 45.6 Å². The fourth-order valence-electron chi connectivity index (χ4n) is 3.62. The summed E-state index contributed by atoms with van der Waals surface area (Å²) in [4.78, 5) is 23.8. The number of carbonyl (C=O) groups excluding carboxylic acids is 1. The Balaban J connectivity index is 2.10. The van der Waals surface area contributed by atoms with Gasteiger partial charge >= 0.3 is 5.97 Å². The molecule has 0 aromatic rings. The number of amides is 1. The molecule has 2 rings (SSSR count). The first-order chi connectivity index (χ1) is 8.85. The predicted molar refractivity (Wildman–Crippen MR) is 72.5 cm³/mol. The maximum Gasteiger partial charge on any atom is 0.307 e. The minimum atomic E-state index is -0.842. The van der Waals surface area contributed by atoms with Gasteiger partial charge in [-0.05, 0) is 38.5 Å². The summed E-state index contributed by atoms with van der Waals surface area (Å²) in [5.74, 6) is -1.75. The number of allylic oxidation sites excluding steroid dienone is 2. The summed E-state index contributed by atoms with van der Waals surface area (Å²) >= 11 is 0. The molecule has 0 aromatic heterocycles. The SMILES string of the molecule is CCCC(C)(C)NC(=O)C1C2C=CC(C2)C1C(=O)O. The van der Waals surface area contributed by atoms with Crippen LogP contribution in [0, 0.1) is 23.7 Å². The van der Waals surface area contributed by atoms with Gasteiger partial charge in [0.2, 0.25) is 5.91 Å². The third-order valence-electron chi connectivity index (χ3n) is 4.38. The lowest BCUT2D eigenvalue weighted by Gasteiger charge is -2.31. The molecule has 106 valence electrons. The van der Waals surface area contributed by atoms with Crippen molar-refractivity contribution in [3.8, 4) is 0 Å². The van der Waals surface area contributed by atoms with Crippen LogP contribution in [0.2, 0.25) is 0 Å². The van der Waals surface area contributed by atoms with E-state index >= 15 is 0 Å². The van der Waals surface area contributed by atoms with E-state index in [-0.39, 0.29) is 23.3 Å². The molecule has 0 spiro atoms. The van der Waals surface area contributed by atoms with E-state index in [2.05, 4.69) is 12.2 Å². The van der Waals surface area contributed by atoms with Gasteiger partial charge in [-0.2, -0.15) is 0 Å². The number of carboxylic acids is 1. The van der Waals surface area contributed by atoms with Gasteiger partial charge in [-0.25, -0.2) is 0 Å². The highest BCUT2D eigenvalue weighted by atomic mass is 16.4. The van der Waals surface area contributed by atoms with Gasteiger partial charge in [0.25, 0.3) is 0 Å². The number of carboxylic acid groups (broad SMARTS) is 1. The zero-order chi connectivity index (χ0) is 14.2. The number of fused-ring (bicyclic) bond motifs is 2. The van der Waals surface area contributed by atoms with E-state index in [4.69, 9.17) is 0 Å². The Morgan fingerprint density at radius 1 is 1.26 bits per heavy atom. The quantitative estimate of drug-likeness (QED) is 0.749. The van der Waals surface area contributed by atoms with Crippen molar-refractivity contribution < 1.29 is 14.7 Å². The topological polar surface area (TPSA) is 66.4 Å². The van der Waals surface area contributed by atoms with E-state index in [0.29, 0.717) is 0 Å². The van der Waals surface area contributed by atoms with Crippen molar-refractivity contribution in [1.82, 2.24) is 5.32 Å². The predicted octanol–water partition coefficient (Wildman–Crippen LogP) is 2.20. The summed E-state index contributed by atoms with van der Waals surface area (Å²) in [7, 11) is 0. The zero-order valence-electron chi connectivity index (χ0n) is 11.8. The molecule has 0 aromatic carbocycles. The molecule has 0 radical (unpaired) electrons. The summed E-state index contributed by atoms with van der Waals surface area (Å²) in [6.07, 6.45) is 6.67. The maximum atomic E-state index is 12.4. The number of hydrogen-bond acceptors (Lipinski definition) is 2. The molecule has 1 amide bonds. The summed E-state index contributed by atoms with van der Waals surface area (Å²) in [6, 6.07) is 0. The third-order valence-corrected chi connectivity index (χ3v) is 4.38. The van der Waals surface area contributed by atoms with E-state index in [1.54, 1.807) is 0 Å². The molecular formula is C15H23NO3. The standard InChI is InChI=1S/C15H23NO3/c1-4-7-15(2,3)16-13(17)11-9-5-6-10(8-9)12(11)14(18)19/h5-6,9-12H,4,7-8H2,1-3H3,(H,16,17)(H,18,19). The Hall–Kier alpha value is -1.32. The Labute approximate surface area is 114 Å². The molecule has 2 aliphatic rings. The first kappa shape index (κ1) is 14.1. The molecule has 4 unspecified atom stereocenters. The molecule has 0 aliphatic heterocycles. The van der Waals surface area contributed by atoms with Crippen molar-refractivity contribution in [1.29, 1.82) is 0 Å². The zero-order valence-corrected chi connectivity index (χ0v) is 11.8. The van der Waals surface area contributed by atoms with Gasteiger partial charge in [0, 0.05) is 5.54 Å². The fraction of sp³-hybridized carbons (Fsp3) is 0.733. The van der Waals surface area contributed by atoms with Crippen molar-refractivity contribution in [2.75, 3.05) is 0 Å². The molecule has 2 bridgehead atoms. The second-order valence-corrected chi connectivity index (χ2v) is 6.46. The average molecular weight is 265 g/mol. The number of nitrogens with one attached hydrogen (secondary N) is 1. The van der Waals surface area contributed by atoms with Gasteiger partial charge in [-0.1, -0.05) is 25.5 Å². The molecule has 2 N–H and O–H groups in total. The van der Waals surface area contributed by atoms with Crippen LogP contribution in [0.4, 0.5) is 0 Å². The van der Waals surface area contributed by atoms with E-state index in [0.717, 1.165) is 19.3 Å². The first-order valence-electron chi connectivity index (χ1n) is 7.09. The lowest BCUT2D eigenvalue weighted by molar-refractivity contribution is -0.148. The van der Waals surface area contributed by atoms with Crippen molar-refractivity contribution >= 4 is 11.9 Å². The third kappa shape index (κ3) is 2.67. The lowest BCUT2D eigenvalue weighted by atomic mass is 9.81. The summed E-state index contributed by atoms with van der Waals surface area (Å²) in [5, 5.41) is 12.4. The average Bonchev–Trinajstić information content (AvgIpc) is 2.86. The van der Waals surface area contributed by atoms with Crippen LogP contribution in [0.5, 0.6) is 0 Å². The minimum absolute atomic E-state index is 0.0348.